The average molecular weight is 323 g/mol. The van der Waals surface area contributed by atoms with Crippen LogP contribution < -0.4 is 11.1 Å². The van der Waals surface area contributed by atoms with Crippen molar-refractivity contribution in [3.05, 3.63) is 46.2 Å². The normalized spacial score (nSPS) is 12.2. The van der Waals surface area contributed by atoms with Gasteiger partial charge in [0, 0.05) is 23.8 Å². The van der Waals surface area contributed by atoms with Gasteiger partial charge in [-0.1, -0.05) is 6.07 Å². The van der Waals surface area contributed by atoms with Gasteiger partial charge >= 0.3 is 0 Å². The molecule has 19 heavy (non-hydrogen) atoms. The van der Waals surface area contributed by atoms with Crippen LogP contribution in [0.15, 0.2) is 34.9 Å². The zero-order valence-electron chi connectivity index (χ0n) is 10.7. The van der Waals surface area contributed by atoms with Crippen molar-refractivity contribution in [3.63, 3.8) is 0 Å². The SMILES string of the molecule is CNC(=O)c1ccn(-c2ccc([C@H](C)N)cc2Br)n1. The molecule has 0 aliphatic carbocycles. The third kappa shape index (κ3) is 2.85. The lowest BCUT2D eigenvalue weighted by atomic mass is 10.1. The Morgan fingerprint density at radius 3 is 2.79 bits per heavy atom. The average Bonchev–Trinajstić information content (AvgIpc) is 2.87. The van der Waals surface area contributed by atoms with Gasteiger partial charge in [0.05, 0.1) is 5.69 Å². The number of rotatable bonds is 3. The van der Waals surface area contributed by atoms with Crippen LogP contribution in [0.5, 0.6) is 0 Å². The molecular formula is C13H15BrN4O. The highest BCUT2D eigenvalue weighted by Crippen LogP contribution is 2.24. The van der Waals surface area contributed by atoms with Gasteiger partial charge in [0.25, 0.3) is 5.91 Å². The smallest absolute Gasteiger partial charge is 0.271 e. The summed E-state index contributed by atoms with van der Waals surface area (Å²) in [5.74, 6) is -0.206. The zero-order valence-corrected chi connectivity index (χ0v) is 12.3. The summed E-state index contributed by atoms with van der Waals surface area (Å²) < 4.78 is 2.54. The Kier molecular flexibility index (Phi) is 4.01. The number of nitrogens with one attached hydrogen (secondary N) is 1. The second-order valence-electron chi connectivity index (χ2n) is 4.22. The van der Waals surface area contributed by atoms with E-state index in [1.165, 1.54) is 0 Å². The Bertz CT molecular complexity index is 606. The number of amides is 1. The summed E-state index contributed by atoms with van der Waals surface area (Å²) in [5, 5.41) is 6.77. The van der Waals surface area contributed by atoms with E-state index in [4.69, 9.17) is 5.73 Å². The molecule has 0 aliphatic rings. The molecule has 2 aromatic rings. The van der Waals surface area contributed by atoms with E-state index in [1.54, 1.807) is 24.0 Å². The highest BCUT2D eigenvalue weighted by molar-refractivity contribution is 9.10. The Labute approximate surface area is 119 Å². The molecular weight excluding hydrogens is 308 g/mol. The number of aromatic nitrogens is 2. The summed E-state index contributed by atoms with van der Waals surface area (Å²) in [7, 11) is 1.58. The van der Waals surface area contributed by atoms with Crippen molar-refractivity contribution >= 4 is 21.8 Å². The van der Waals surface area contributed by atoms with Gasteiger partial charge in [-0.25, -0.2) is 4.68 Å². The summed E-state index contributed by atoms with van der Waals surface area (Å²) in [5.41, 5.74) is 8.11. The predicted molar refractivity (Wildman–Crippen MR) is 77.3 cm³/mol. The number of nitrogens with two attached hydrogens (primary N) is 1. The summed E-state index contributed by atoms with van der Waals surface area (Å²) in [6, 6.07) is 7.48. The molecule has 0 aliphatic heterocycles. The molecule has 3 N–H and O–H groups in total. The molecule has 1 aromatic carbocycles. The highest BCUT2D eigenvalue weighted by Gasteiger charge is 2.11. The Hall–Kier alpha value is -1.66. The Balaban J connectivity index is 2.37. The predicted octanol–water partition coefficient (Wildman–Crippen LogP) is 2.01. The third-order valence-electron chi connectivity index (χ3n) is 2.79. The van der Waals surface area contributed by atoms with Crippen molar-refractivity contribution < 1.29 is 4.79 Å². The number of carbonyl (C=O) groups excluding carboxylic acids is 1. The largest absolute Gasteiger partial charge is 0.354 e. The number of halogens is 1. The van der Waals surface area contributed by atoms with Gasteiger partial charge in [0.15, 0.2) is 5.69 Å². The first-order valence-electron chi connectivity index (χ1n) is 5.86. The maximum absolute atomic E-state index is 11.5. The lowest BCUT2D eigenvalue weighted by Gasteiger charge is -2.09. The van der Waals surface area contributed by atoms with Crippen molar-refractivity contribution in [2.45, 2.75) is 13.0 Å². The second kappa shape index (κ2) is 5.54. The fraction of sp³-hybridized carbons (Fsp3) is 0.231. The van der Waals surface area contributed by atoms with E-state index in [2.05, 4.69) is 26.3 Å². The molecule has 0 fully saturated rings. The van der Waals surface area contributed by atoms with Gasteiger partial charge in [0.1, 0.15) is 0 Å². The lowest BCUT2D eigenvalue weighted by molar-refractivity contribution is 0.0957. The molecule has 100 valence electrons. The quantitative estimate of drug-likeness (QED) is 0.907. The van der Waals surface area contributed by atoms with Crippen molar-refractivity contribution in [3.8, 4) is 5.69 Å². The highest BCUT2D eigenvalue weighted by atomic mass is 79.9. The van der Waals surface area contributed by atoms with Crippen LogP contribution >= 0.6 is 15.9 Å². The number of carbonyl (C=O) groups is 1. The Morgan fingerprint density at radius 1 is 1.47 bits per heavy atom. The fourth-order valence-electron chi connectivity index (χ4n) is 1.70. The first kappa shape index (κ1) is 13.8. The molecule has 0 saturated heterocycles. The number of hydrogen-bond donors (Lipinski definition) is 2. The number of nitrogens with zero attached hydrogens (tertiary/aromatic N) is 2. The minimum absolute atomic E-state index is 0.0237. The first-order valence-corrected chi connectivity index (χ1v) is 6.65. The lowest BCUT2D eigenvalue weighted by Crippen LogP contribution is -2.18. The van der Waals surface area contributed by atoms with Crippen LogP contribution in [0.1, 0.15) is 29.0 Å². The van der Waals surface area contributed by atoms with E-state index in [9.17, 15) is 4.79 Å². The van der Waals surface area contributed by atoms with Gasteiger partial charge in [-0.3, -0.25) is 4.79 Å². The van der Waals surface area contributed by atoms with Crippen molar-refractivity contribution in [2.24, 2.45) is 5.73 Å². The van der Waals surface area contributed by atoms with Gasteiger partial charge in [-0.2, -0.15) is 5.10 Å². The molecule has 1 heterocycles. The molecule has 2 rings (SSSR count). The van der Waals surface area contributed by atoms with E-state index < -0.39 is 0 Å². The Morgan fingerprint density at radius 2 is 2.21 bits per heavy atom. The zero-order chi connectivity index (χ0) is 14.0. The van der Waals surface area contributed by atoms with E-state index >= 15 is 0 Å². The minimum atomic E-state index is -0.206. The fourth-order valence-corrected chi connectivity index (χ4v) is 2.28. The van der Waals surface area contributed by atoms with E-state index in [1.807, 2.05) is 25.1 Å². The van der Waals surface area contributed by atoms with E-state index in [0.717, 1.165) is 15.7 Å². The van der Waals surface area contributed by atoms with Crippen molar-refractivity contribution in [1.82, 2.24) is 15.1 Å². The van der Waals surface area contributed by atoms with Crippen molar-refractivity contribution in [2.75, 3.05) is 7.05 Å². The van der Waals surface area contributed by atoms with Crippen LogP contribution in [0.25, 0.3) is 5.69 Å². The maximum Gasteiger partial charge on any atom is 0.271 e. The standard InChI is InChI=1S/C13H15BrN4O/c1-8(15)9-3-4-12(10(14)7-9)18-6-5-11(17-18)13(19)16-2/h3-8H,15H2,1-2H3,(H,16,19)/t8-/m0/s1. The molecule has 5 nitrogen and oxygen atoms in total. The molecule has 1 amide bonds. The monoisotopic (exact) mass is 322 g/mol. The van der Waals surface area contributed by atoms with Crippen molar-refractivity contribution in [1.29, 1.82) is 0 Å². The van der Waals surface area contributed by atoms with E-state index in [0.29, 0.717) is 5.69 Å². The molecule has 0 spiro atoms. The van der Waals surface area contributed by atoms with Crippen LogP contribution in [0.4, 0.5) is 0 Å². The number of hydrogen-bond acceptors (Lipinski definition) is 3. The molecule has 0 unspecified atom stereocenters. The van der Waals surface area contributed by atoms with Gasteiger partial charge in [0.2, 0.25) is 0 Å². The summed E-state index contributed by atoms with van der Waals surface area (Å²) in [4.78, 5) is 11.5. The second-order valence-corrected chi connectivity index (χ2v) is 5.08. The topological polar surface area (TPSA) is 72.9 Å². The molecule has 0 saturated carbocycles. The molecule has 0 bridgehead atoms. The summed E-state index contributed by atoms with van der Waals surface area (Å²) >= 11 is 3.50. The van der Waals surface area contributed by atoms with Gasteiger partial charge in [-0.15, -0.1) is 0 Å². The van der Waals surface area contributed by atoms with Crippen LogP contribution in [-0.4, -0.2) is 22.7 Å². The van der Waals surface area contributed by atoms with Gasteiger partial charge in [-0.05, 0) is 46.6 Å². The van der Waals surface area contributed by atoms with Crippen LogP contribution in [0.2, 0.25) is 0 Å². The molecule has 0 radical (unpaired) electrons. The van der Waals surface area contributed by atoms with Crippen LogP contribution in [0.3, 0.4) is 0 Å². The molecule has 1 aromatic heterocycles. The maximum atomic E-state index is 11.5. The molecule has 6 heteroatoms. The van der Waals surface area contributed by atoms with Crippen LogP contribution in [-0.2, 0) is 0 Å². The number of benzene rings is 1. The van der Waals surface area contributed by atoms with Crippen LogP contribution in [0, 0.1) is 0 Å². The summed E-state index contributed by atoms with van der Waals surface area (Å²) in [6.45, 7) is 1.93. The molecule has 1 atom stereocenters. The van der Waals surface area contributed by atoms with Gasteiger partial charge < -0.3 is 11.1 Å². The van der Waals surface area contributed by atoms with E-state index in [-0.39, 0.29) is 11.9 Å². The first-order chi connectivity index (χ1) is 9.02. The summed E-state index contributed by atoms with van der Waals surface area (Å²) in [6.07, 6.45) is 1.75. The minimum Gasteiger partial charge on any atom is -0.354 e. The third-order valence-corrected chi connectivity index (χ3v) is 3.43.